The van der Waals surface area contributed by atoms with Gasteiger partial charge < -0.3 is 10.2 Å². The Morgan fingerprint density at radius 2 is 1.67 bits per heavy atom. The lowest BCUT2D eigenvalue weighted by Gasteiger charge is -2.31. The third-order valence-electron chi connectivity index (χ3n) is 5.22. The highest BCUT2D eigenvalue weighted by atomic mass is 32.2. The van der Waals surface area contributed by atoms with E-state index in [1.807, 2.05) is 6.92 Å². The Kier molecular flexibility index (Phi) is 6.58. The minimum absolute atomic E-state index is 0.114. The fourth-order valence-electron chi connectivity index (χ4n) is 3.43. The molecule has 0 radical (unpaired) electrons. The summed E-state index contributed by atoms with van der Waals surface area (Å²) in [7, 11) is -0.274. The van der Waals surface area contributed by atoms with Crippen LogP contribution in [0.3, 0.4) is 0 Å². The standard InChI is InChI=1S/C22H27N3O4S/c1-16-6-12-20(13-7-16)30(28,29)25-14-4-5-18(15-25)21(26)23-19-10-8-17(9-11-19)22(27)24(2)3/h6-13,18H,4-5,14-15H2,1-3H3,(H,23,26)/t18-/m1/s1. The van der Waals surface area contributed by atoms with Crippen molar-refractivity contribution in [2.75, 3.05) is 32.5 Å². The summed E-state index contributed by atoms with van der Waals surface area (Å²) in [5, 5.41) is 2.84. The number of rotatable bonds is 5. The third-order valence-corrected chi connectivity index (χ3v) is 7.10. The van der Waals surface area contributed by atoms with Crippen LogP contribution in [0.5, 0.6) is 0 Å². The summed E-state index contributed by atoms with van der Waals surface area (Å²) >= 11 is 0. The van der Waals surface area contributed by atoms with Crippen LogP contribution in [0.25, 0.3) is 0 Å². The van der Waals surface area contributed by atoms with Gasteiger partial charge in [0, 0.05) is 38.4 Å². The zero-order chi connectivity index (χ0) is 21.9. The lowest BCUT2D eigenvalue weighted by molar-refractivity contribution is -0.120. The molecule has 8 heteroatoms. The Morgan fingerprint density at radius 3 is 2.27 bits per heavy atom. The second kappa shape index (κ2) is 8.97. The number of anilines is 1. The Morgan fingerprint density at radius 1 is 1.03 bits per heavy atom. The predicted octanol–water partition coefficient (Wildman–Crippen LogP) is 2.74. The first-order valence-electron chi connectivity index (χ1n) is 9.88. The van der Waals surface area contributed by atoms with Crippen LogP contribution in [-0.2, 0) is 14.8 Å². The minimum atomic E-state index is -3.63. The highest BCUT2D eigenvalue weighted by molar-refractivity contribution is 7.89. The molecule has 1 saturated heterocycles. The van der Waals surface area contributed by atoms with Crippen molar-refractivity contribution in [2.45, 2.75) is 24.7 Å². The molecule has 1 aliphatic rings. The van der Waals surface area contributed by atoms with Gasteiger partial charge >= 0.3 is 0 Å². The van der Waals surface area contributed by atoms with Crippen molar-refractivity contribution in [3.8, 4) is 0 Å². The molecule has 160 valence electrons. The second-order valence-corrected chi connectivity index (χ2v) is 9.72. The first-order valence-corrected chi connectivity index (χ1v) is 11.3. The molecule has 3 rings (SSSR count). The molecule has 1 fully saturated rings. The van der Waals surface area contributed by atoms with Gasteiger partial charge in [0.2, 0.25) is 15.9 Å². The Bertz CT molecular complexity index is 1020. The molecule has 7 nitrogen and oxygen atoms in total. The predicted molar refractivity (Wildman–Crippen MR) is 116 cm³/mol. The van der Waals surface area contributed by atoms with Crippen molar-refractivity contribution >= 4 is 27.5 Å². The summed E-state index contributed by atoms with van der Waals surface area (Å²) in [6.45, 7) is 2.46. The van der Waals surface area contributed by atoms with Gasteiger partial charge in [-0.1, -0.05) is 17.7 Å². The Balaban J connectivity index is 1.67. The fraction of sp³-hybridized carbons (Fsp3) is 0.364. The first kappa shape index (κ1) is 22.0. The first-order chi connectivity index (χ1) is 14.2. The minimum Gasteiger partial charge on any atom is -0.345 e. The van der Waals surface area contributed by atoms with Gasteiger partial charge in [0.25, 0.3) is 5.91 Å². The summed E-state index contributed by atoms with van der Waals surface area (Å²) in [6.07, 6.45) is 1.25. The zero-order valence-electron chi connectivity index (χ0n) is 17.5. The van der Waals surface area contributed by atoms with Crippen LogP contribution in [0.1, 0.15) is 28.8 Å². The molecule has 0 aromatic heterocycles. The van der Waals surface area contributed by atoms with E-state index in [0.717, 1.165) is 5.56 Å². The molecule has 1 N–H and O–H groups in total. The van der Waals surface area contributed by atoms with Crippen LogP contribution in [0.2, 0.25) is 0 Å². The summed E-state index contributed by atoms with van der Waals surface area (Å²) in [6, 6.07) is 13.4. The Labute approximate surface area is 177 Å². The fourth-order valence-corrected chi connectivity index (χ4v) is 4.96. The second-order valence-electron chi connectivity index (χ2n) is 7.78. The van der Waals surface area contributed by atoms with Gasteiger partial charge in [-0.05, 0) is 56.2 Å². The van der Waals surface area contributed by atoms with E-state index in [1.165, 1.54) is 9.21 Å². The Hall–Kier alpha value is -2.71. The van der Waals surface area contributed by atoms with Gasteiger partial charge in [-0.3, -0.25) is 9.59 Å². The van der Waals surface area contributed by atoms with Gasteiger partial charge in [-0.15, -0.1) is 0 Å². The maximum Gasteiger partial charge on any atom is 0.253 e. The molecule has 1 aliphatic heterocycles. The number of amides is 2. The summed E-state index contributed by atoms with van der Waals surface area (Å²) in [5.41, 5.74) is 2.10. The lowest BCUT2D eigenvalue weighted by atomic mass is 9.98. The van der Waals surface area contributed by atoms with Crippen LogP contribution in [0.15, 0.2) is 53.4 Å². The van der Waals surface area contributed by atoms with Crippen molar-refractivity contribution in [3.63, 3.8) is 0 Å². The number of benzene rings is 2. The molecule has 0 unspecified atom stereocenters. The van der Waals surface area contributed by atoms with Crippen LogP contribution in [0.4, 0.5) is 5.69 Å². The molecule has 0 spiro atoms. The van der Waals surface area contributed by atoms with Crippen molar-refractivity contribution in [1.29, 1.82) is 0 Å². The van der Waals surface area contributed by atoms with Crippen molar-refractivity contribution in [2.24, 2.45) is 5.92 Å². The molecule has 0 saturated carbocycles. The normalized spacial score (nSPS) is 17.4. The van der Waals surface area contributed by atoms with E-state index in [0.29, 0.717) is 30.6 Å². The van der Waals surface area contributed by atoms with Crippen molar-refractivity contribution in [1.82, 2.24) is 9.21 Å². The number of nitrogens with one attached hydrogen (secondary N) is 1. The van der Waals surface area contributed by atoms with Gasteiger partial charge in [0.15, 0.2) is 0 Å². The molecule has 2 aromatic rings. The van der Waals surface area contributed by atoms with E-state index < -0.39 is 15.9 Å². The number of sulfonamides is 1. The molecular weight excluding hydrogens is 402 g/mol. The molecule has 2 amide bonds. The average Bonchev–Trinajstić information content (AvgIpc) is 2.74. The number of carbonyl (C=O) groups is 2. The van der Waals surface area contributed by atoms with Crippen molar-refractivity contribution < 1.29 is 18.0 Å². The van der Waals surface area contributed by atoms with E-state index in [2.05, 4.69) is 5.32 Å². The smallest absolute Gasteiger partial charge is 0.253 e. The average molecular weight is 430 g/mol. The summed E-state index contributed by atoms with van der Waals surface area (Å²) < 4.78 is 27.3. The highest BCUT2D eigenvalue weighted by Crippen LogP contribution is 2.25. The largest absolute Gasteiger partial charge is 0.345 e. The molecule has 1 atom stereocenters. The van der Waals surface area contributed by atoms with Crippen LogP contribution >= 0.6 is 0 Å². The quantitative estimate of drug-likeness (QED) is 0.792. The topological polar surface area (TPSA) is 86.8 Å². The van der Waals surface area contributed by atoms with Gasteiger partial charge in [0.1, 0.15) is 0 Å². The molecule has 0 aliphatic carbocycles. The summed E-state index contributed by atoms with van der Waals surface area (Å²) in [4.78, 5) is 26.4. The summed E-state index contributed by atoms with van der Waals surface area (Å²) in [5.74, 6) is -0.760. The molecule has 2 aromatic carbocycles. The van der Waals surface area contributed by atoms with Crippen LogP contribution < -0.4 is 5.32 Å². The zero-order valence-corrected chi connectivity index (χ0v) is 18.3. The van der Waals surface area contributed by atoms with E-state index in [4.69, 9.17) is 0 Å². The van der Waals surface area contributed by atoms with E-state index in [1.54, 1.807) is 62.6 Å². The molecule has 0 bridgehead atoms. The van der Waals surface area contributed by atoms with Gasteiger partial charge in [0.05, 0.1) is 10.8 Å². The van der Waals surface area contributed by atoms with E-state index >= 15 is 0 Å². The monoisotopic (exact) mass is 429 g/mol. The maximum atomic E-state index is 12.9. The van der Waals surface area contributed by atoms with Gasteiger partial charge in [-0.2, -0.15) is 4.31 Å². The maximum absolute atomic E-state index is 12.9. The van der Waals surface area contributed by atoms with E-state index in [-0.39, 0.29) is 23.3 Å². The molecule has 30 heavy (non-hydrogen) atoms. The number of hydrogen-bond acceptors (Lipinski definition) is 4. The van der Waals surface area contributed by atoms with Crippen LogP contribution in [0, 0.1) is 12.8 Å². The number of nitrogens with zero attached hydrogens (tertiary/aromatic N) is 2. The highest BCUT2D eigenvalue weighted by Gasteiger charge is 2.33. The number of hydrogen-bond donors (Lipinski definition) is 1. The SMILES string of the molecule is Cc1ccc(S(=O)(=O)N2CCC[C@@H](C(=O)Nc3ccc(C(=O)N(C)C)cc3)C2)cc1. The third kappa shape index (κ3) is 4.88. The number of aryl methyl sites for hydroxylation is 1. The van der Waals surface area contributed by atoms with Crippen LogP contribution in [-0.4, -0.2) is 56.6 Å². The van der Waals surface area contributed by atoms with Gasteiger partial charge in [-0.25, -0.2) is 8.42 Å². The lowest BCUT2D eigenvalue weighted by Crippen LogP contribution is -2.43. The van der Waals surface area contributed by atoms with Crippen molar-refractivity contribution in [3.05, 3.63) is 59.7 Å². The molecule has 1 heterocycles. The molecular formula is C22H27N3O4S. The number of piperidine rings is 1. The number of carbonyl (C=O) groups excluding carboxylic acids is 2. The van der Waals surface area contributed by atoms with E-state index in [9.17, 15) is 18.0 Å².